The van der Waals surface area contributed by atoms with Crippen molar-refractivity contribution in [3.8, 4) is 22.7 Å². The number of ether oxygens (including phenoxy) is 5. The van der Waals surface area contributed by atoms with Gasteiger partial charge in [0, 0.05) is 105 Å². The van der Waals surface area contributed by atoms with Crippen molar-refractivity contribution in [2.24, 2.45) is 17.3 Å². The van der Waals surface area contributed by atoms with Crippen LogP contribution in [0, 0.1) is 17.3 Å². The van der Waals surface area contributed by atoms with Gasteiger partial charge in [-0.2, -0.15) is 0 Å². The number of nitrogens with zero attached hydrogens (tertiary/aromatic N) is 7. The molecule has 6 aliphatic rings. The highest BCUT2D eigenvalue weighted by Gasteiger charge is 2.55. The number of nitrogens with one attached hydrogen (secondary N) is 2. The molecule has 414 valence electrons. The van der Waals surface area contributed by atoms with Gasteiger partial charge in [-0.05, 0) is 87.6 Å². The SMILES string of the molecule is CO[C@@H](C)c1ncc(N2CCN(C3CC3)CC2)cc1-c1c2c3cc(ccc3n1CCOC1CCOCC1)-c1nc(co1)[C@@H](OCC(F)F)[C@H](NC(=O)[C@@H]1[C@@H](C)[C@H]1c1cocn1)C(=O)N1CCC[C@H](N1)C(=O)OCC(C)(C)C2. The molecule has 0 unspecified atom stereocenters. The van der Waals surface area contributed by atoms with E-state index in [4.69, 9.17) is 42.5 Å². The molecule has 19 nitrogen and oxygen atoms in total. The number of hydrogen-bond donors (Lipinski definition) is 2. The second kappa shape index (κ2) is 22.5. The first kappa shape index (κ1) is 53.2. The fourth-order valence-electron chi connectivity index (χ4n) is 12.0. The van der Waals surface area contributed by atoms with Gasteiger partial charge in [0.25, 0.3) is 12.3 Å². The van der Waals surface area contributed by atoms with E-state index in [2.05, 4.69) is 50.0 Å². The number of oxazole rings is 2. The number of amides is 2. The van der Waals surface area contributed by atoms with Gasteiger partial charge in [-0.15, -0.1) is 0 Å². The van der Waals surface area contributed by atoms with Gasteiger partial charge >= 0.3 is 5.97 Å². The molecule has 7 atom stereocenters. The van der Waals surface area contributed by atoms with Crippen LogP contribution in [-0.4, -0.2) is 151 Å². The molecule has 6 bridgehead atoms. The van der Waals surface area contributed by atoms with Crippen LogP contribution in [0.25, 0.3) is 33.6 Å². The molecule has 11 rings (SSSR count). The Labute approximate surface area is 446 Å². The Hall–Kier alpha value is -5.84. The predicted octanol–water partition coefficient (Wildman–Crippen LogP) is 7.01. The largest absolute Gasteiger partial charge is 0.464 e. The Morgan fingerprint density at radius 3 is 2.53 bits per heavy atom. The maximum atomic E-state index is 14.9. The van der Waals surface area contributed by atoms with Crippen molar-refractivity contribution in [2.75, 3.05) is 77.8 Å². The molecule has 21 heteroatoms. The lowest BCUT2D eigenvalue weighted by Gasteiger charge is -2.37. The third-order valence-electron chi connectivity index (χ3n) is 16.4. The van der Waals surface area contributed by atoms with Crippen LogP contribution in [0.3, 0.4) is 0 Å². The van der Waals surface area contributed by atoms with Crippen LogP contribution < -0.4 is 15.6 Å². The summed E-state index contributed by atoms with van der Waals surface area (Å²) in [4.78, 5) is 62.8. The van der Waals surface area contributed by atoms with E-state index in [9.17, 15) is 23.2 Å². The van der Waals surface area contributed by atoms with Gasteiger partial charge < -0.3 is 47.3 Å². The lowest BCUT2D eigenvalue weighted by molar-refractivity contribution is -0.157. The first-order valence-corrected chi connectivity index (χ1v) is 27.4. The Morgan fingerprint density at radius 2 is 1.79 bits per heavy atom. The number of piperazine rings is 1. The van der Waals surface area contributed by atoms with Crippen LogP contribution in [0.5, 0.6) is 0 Å². The molecule has 0 spiro atoms. The summed E-state index contributed by atoms with van der Waals surface area (Å²) in [5.74, 6) is -2.70. The highest BCUT2D eigenvalue weighted by molar-refractivity contribution is 5.95. The van der Waals surface area contributed by atoms with E-state index in [0.29, 0.717) is 62.9 Å². The fraction of sp³-hybridized carbons (Fsp3) is 0.607. The van der Waals surface area contributed by atoms with Crippen LogP contribution in [0.4, 0.5) is 14.5 Å². The zero-order chi connectivity index (χ0) is 53.5. The first-order valence-electron chi connectivity index (χ1n) is 27.4. The summed E-state index contributed by atoms with van der Waals surface area (Å²) in [5, 5.41) is 4.99. The van der Waals surface area contributed by atoms with E-state index in [-0.39, 0.29) is 48.8 Å². The van der Waals surface area contributed by atoms with Gasteiger partial charge in [-0.25, -0.2) is 24.2 Å². The number of benzene rings is 1. The Kier molecular flexibility index (Phi) is 15.5. The normalized spacial score (nSPS) is 26.0. The van der Waals surface area contributed by atoms with Crippen molar-refractivity contribution < 1.29 is 55.7 Å². The molecule has 5 aromatic rings. The second-order valence-electron chi connectivity index (χ2n) is 22.4. The van der Waals surface area contributed by atoms with E-state index in [1.165, 1.54) is 36.8 Å². The van der Waals surface area contributed by atoms with Gasteiger partial charge in [-0.1, -0.05) is 20.8 Å². The zero-order valence-corrected chi connectivity index (χ0v) is 44.6. The topological polar surface area (TPSA) is 201 Å². The number of esters is 1. The smallest absolute Gasteiger partial charge is 0.324 e. The predicted molar refractivity (Wildman–Crippen MR) is 278 cm³/mol. The highest BCUT2D eigenvalue weighted by Crippen LogP contribution is 2.53. The summed E-state index contributed by atoms with van der Waals surface area (Å²) in [5.41, 5.74) is 9.04. The van der Waals surface area contributed by atoms with Gasteiger partial charge in [-0.3, -0.25) is 29.3 Å². The number of aromatic nitrogens is 4. The summed E-state index contributed by atoms with van der Waals surface area (Å²) in [6.45, 7) is 13.0. The summed E-state index contributed by atoms with van der Waals surface area (Å²) in [6, 6.07) is 6.34. The third-order valence-corrected chi connectivity index (χ3v) is 16.4. The number of methoxy groups -OCH3 is 1. The number of halogens is 2. The molecule has 4 aromatic heterocycles. The molecule has 2 amide bonds. The highest BCUT2D eigenvalue weighted by atomic mass is 19.3. The van der Waals surface area contributed by atoms with E-state index in [1.807, 2.05) is 38.2 Å². The van der Waals surface area contributed by atoms with Crippen molar-refractivity contribution in [1.29, 1.82) is 0 Å². The van der Waals surface area contributed by atoms with E-state index >= 15 is 0 Å². The van der Waals surface area contributed by atoms with Crippen LogP contribution >= 0.6 is 0 Å². The lowest BCUT2D eigenvalue weighted by Crippen LogP contribution is -2.61. The summed E-state index contributed by atoms with van der Waals surface area (Å²) in [6.07, 6.45) is 6.53. The molecular formula is C56H71F2N9O10. The lowest BCUT2D eigenvalue weighted by atomic mass is 9.84. The van der Waals surface area contributed by atoms with Gasteiger partial charge in [0.1, 0.15) is 43.0 Å². The monoisotopic (exact) mass is 1070 g/mol. The average molecular weight is 1070 g/mol. The first-order chi connectivity index (χ1) is 37.2. The molecule has 8 heterocycles. The summed E-state index contributed by atoms with van der Waals surface area (Å²) in [7, 11) is 1.69. The molecule has 0 radical (unpaired) electrons. The summed E-state index contributed by atoms with van der Waals surface area (Å²) >= 11 is 0. The number of pyridine rings is 1. The Bertz CT molecular complexity index is 2890. The molecule has 2 saturated carbocycles. The zero-order valence-electron chi connectivity index (χ0n) is 44.6. The van der Waals surface area contributed by atoms with Gasteiger partial charge in [0.05, 0.1) is 54.4 Å². The standard InChI is InChI=1S/C56H71F2N9O10/c1-32-46(42-27-73-31-60-42)47(32)52(68)62-49-51(75-29-45(57)58)43-28-76-53(61-43)34-8-11-44-38(23-34)40(25-56(3,4)30-77-55(70)41-7-6-14-67(63-41)54(49)69)50(66(44)19-22-74-37-12-20-72-21-13-37)39-24-36(26-59-48(39)33(2)71-5)65-17-15-64(16-18-65)35-9-10-35/h8,11,23-24,26-28,31-33,35,37,41,45-47,49,51,63H,6-7,9-10,12-22,25,29-30H2,1-5H3,(H,62,68)/t32-,33-,41-,46-,47+,49-,51+/m0/s1. The number of carbonyl (C=O) groups excluding carboxylic acids is 3. The number of rotatable bonds is 15. The minimum absolute atomic E-state index is 0.00862. The molecule has 1 aromatic carbocycles. The van der Waals surface area contributed by atoms with Crippen LogP contribution in [0.2, 0.25) is 0 Å². The number of hydrazine groups is 1. The minimum atomic E-state index is -2.93. The maximum Gasteiger partial charge on any atom is 0.324 e. The van der Waals surface area contributed by atoms with Crippen molar-refractivity contribution in [2.45, 2.75) is 128 Å². The quantitative estimate of drug-likeness (QED) is 0.101. The number of fused-ring (bicyclic) bond motifs is 6. The van der Waals surface area contributed by atoms with Gasteiger partial charge in [0.15, 0.2) is 6.39 Å². The van der Waals surface area contributed by atoms with Crippen molar-refractivity contribution >= 4 is 34.4 Å². The second-order valence-corrected chi connectivity index (χ2v) is 22.4. The number of cyclic esters (lactones) is 1. The number of alkyl halides is 2. The number of anilines is 1. The number of hydrogen-bond acceptors (Lipinski definition) is 16. The molecular weight excluding hydrogens is 997 g/mol. The van der Waals surface area contributed by atoms with E-state index in [1.54, 1.807) is 7.11 Å². The fourth-order valence-corrected chi connectivity index (χ4v) is 12.0. The minimum Gasteiger partial charge on any atom is -0.464 e. The third kappa shape index (κ3) is 11.4. The van der Waals surface area contributed by atoms with Crippen molar-refractivity contribution in [3.05, 3.63) is 72.0 Å². The Morgan fingerprint density at radius 1 is 0.987 bits per heavy atom. The molecule has 4 aliphatic heterocycles. The van der Waals surface area contributed by atoms with Gasteiger partial charge in [0.2, 0.25) is 11.8 Å². The van der Waals surface area contributed by atoms with E-state index in [0.717, 1.165) is 78.1 Å². The maximum absolute atomic E-state index is 14.9. The molecule has 2 aliphatic carbocycles. The van der Waals surface area contributed by atoms with Crippen molar-refractivity contribution in [1.82, 2.24) is 40.2 Å². The average Bonchev–Trinajstić information content (AvgIpc) is 4.39. The van der Waals surface area contributed by atoms with Crippen LogP contribution in [0.15, 0.2) is 58.2 Å². The van der Waals surface area contributed by atoms with Crippen LogP contribution in [-0.2, 0) is 51.0 Å². The number of carbonyl (C=O) groups is 3. The molecule has 5 fully saturated rings. The van der Waals surface area contributed by atoms with E-state index < -0.39 is 60.3 Å². The molecule has 3 saturated heterocycles. The Balaban J connectivity index is 1.04. The van der Waals surface area contributed by atoms with Crippen molar-refractivity contribution in [3.63, 3.8) is 0 Å². The molecule has 77 heavy (non-hydrogen) atoms. The van der Waals surface area contributed by atoms with Crippen LogP contribution in [0.1, 0.15) is 107 Å². The summed E-state index contributed by atoms with van der Waals surface area (Å²) < 4.78 is 72.7. The molecule has 2 N–H and O–H groups in total.